The summed E-state index contributed by atoms with van der Waals surface area (Å²) in [6.07, 6.45) is 9.48. The van der Waals surface area contributed by atoms with Crippen LogP contribution in [0, 0.1) is 6.92 Å². The monoisotopic (exact) mass is 277 g/mol. The largest absolute Gasteiger partial charge is 0.405 e. The molecule has 21 heavy (non-hydrogen) atoms. The van der Waals surface area contributed by atoms with Gasteiger partial charge in [-0.1, -0.05) is 61.5 Å². The molecule has 0 aliphatic carbocycles. The summed E-state index contributed by atoms with van der Waals surface area (Å²) in [6, 6.07) is 15.5. The molecule has 0 fully saturated rings. The molecule has 0 aliphatic rings. The van der Waals surface area contributed by atoms with Crippen LogP contribution in [0.5, 0.6) is 0 Å². The van der Waals surface area contributed by atoms with Crippen LogP contribution in [0.3, 0.4) is 0 Å². The molecule has 0 aromatic heterocycles. The SMILES string of the molecule is CCc1cc(-c2ccc(C/C=C\C=C/N)cc2)ccc1C. The topological polar surface area (TPSA) is 26.0 Å². The molecule has 0 atom stereocenters. The zero-order chi connectivity index (χ0) is 15.1. The Morgan fingerprint density at radius 2 is 1.67 bits per heavy atom. The second-order valence-corrected chi connectivity index (χ2v) is 5.21. The average molecular weight is 277 g/mol. The van der Waals surface area contributed by atoms with Crippen molar-refractivity contribution in [2.45, 2.75) is 26.7 Å². The Kier molecular flexibility index (Phi) is 5.39. The lowest BCUT2D eigenvalue weighted by molar-refractivity contribution is 1.11. The molecule has 2 aromatic rings. The maximum absolute atomic E-state index is 5.29. The first-order chi connectivity index (χ1) is 10.2. The number of hydrogen-bond donors (Lipinski definition) is 1. The third-order valence-electron chi connectivity index (χ3n) is 3.73. The highest BCUT2D eigenvalue weighted by Gasteiger charge is 2.01. The molecular weight excluding hydrogens is 254 g/mol. The summed E-state index contributed by atoms with van der Waals surface area (Å²) in [4.78, 5) is 0. The third-order valence-corrected chi connectivity index (χ3v) is 3.73. The molecule has 0 bridgehead atoms. The van der Waals surface area contributed by atoms with Crippen LogP contribution in [-0.4, -0.2) is 0 Å². The standard InChI is InChI=1S/C20H23N/c1-3-18-15-20(11-8-16(18)2)19-12-9-17(10-13-19)7-5-4-6-14-21/h4-6,8-15H,3,7,21H2,1-2H3/b5-4-,14-6-. The van der Waals surface area contributed by atoms with Crippen LogP contribution in [-0.2, 0) is 12.8 Å². The number of hydrogen-bond acceptors (Lipinski definition) is 1. The van der Waals surface area contributed by atoms with Crippen LogP contribution in [0.15, 0.2) is 66.9 Å². The van der Waals surface area contributed by atoms with Gasteiger partial charge < -0.3 is 5.73 Å². The fourth-order valence-electron chi connectivity index (χ4n) is 2.41. The summed E-state index contributed by atoms with van der Waals surface area (Å²) in [5, 5.41) is 0. The Morgan fingerprint density at radius 1 is 0.952 bits per heavy atom. The molecular formula is C20H23N. The Hall–Kier alpha value is -2.28. The van der Waals surface area contributed by atoms with Crippen LogP contribution < -0.4 is 5.73 Å². The highest BCUT2D eigenvalue weighted by atomic mass is 14.5. The number of allylic oxidation sites excluding steroid dienone is 3. The number of aryl methyl sites for hydroxylation is 2. The molecule has 0 heterocycles. The normalized spacial score (nSPS) is 11.5. The first kappa shape index (κ1) is 15.1. The molecule has 2 rings (SSSR count). The summed E-state index contributed by atoms with van der Waals surface area (Å²) >= 11 is 0. The number of nitrogens with two attached hydrogens (primary N) is 1. The van der Waals surface area contributed by atoms with E-state index >= 15 is 0 Å². The second-order valence-electron chi connectivity index (χ2n) is 5.21. The van der Waals surface area contributed by atoms with E-state index in [0.29, 0.717) is 0 Å². The van der Waals surface area contributed by atoms with E-state index in [1.165, 1.54) is 27.8 Å². The van der Waals surface area contributed by atoms with Gasteiger partial charge in [-0.05, 0) is 59.9 Å². The lowest BCUT2D eigenvalue weighted by Gasteiger charge is -2.08. The van der Waals surface area contributed by atoms with E-state index in [1.807, 2.05) is 12.2 Å². The van der Waals surface area contributed by atoms with Gasteiger partial charge in [-0.15, -0.1) is 0 Å². The Morgan fingerprint density at radius 3 is 2.33 bits per heavy atom. The van der Waals surface area contributed by atoms with Crippen molar-refractivity contribution in [2.75, 3.05) is 0 Å². The van der Waals surface area contributed by atoms with E-state index in [4.69, 9.17) is 5.73 Å². The van der Waals surface area contributed by atoms with Crippen molar-refractivity contribution < 1.29 is 0 Å². The van der Waals surface area contributed by atoms with E-state index in [9.17, 15) is 0 Å². The molecule has 0 amide bonds. The maximum Gasteiger partial charge on any atom is -0.00625 e. The van der Waals surface area contributed by atoms with Crippen LogP contribution in [0.1, 0.15) is 23.6 Å². The van der Waals surface area contributed by atoms with Crippen LogP contribution >= 0.6 is 0 Å². The van der Waals surface area contributed by atoms with Gasteiger partial charge in [0.25, 0.3) is 0 Å². The Balaban J connectivity index is 2.15. The molecule has 0 saturated carbocycles. The van der Waals surface area contributed by atoms with Crippen molar-refractivity contribution in [3.05, 3.63) is 83.6 Å². The maximum atomic E-state index is 5.29. The van der Waals surface area contributed by atoms with Gasteiger partial charge in [0, 0.05) is 0 Å². The second kappa shape index (κ2) is 7.49. The summed E-state index contributed by atoms with van der Waals surface area (Å²) in [5.74, 6) is 0. The van der Waals surface area contributed by atoms with E-state index in [-0.39, 0.29) is 0 Å². The van der Waals surface area contributed by atoms with Gasteiger partial charge in [-0.25, -0.2) is 0 Å². The van der Waals surface area contributed by atoms with Gasteiger partial charge in [-0.3, -0.25) is 0 Å². The van der Waals surface area contributed by atoms with Gasteiger partial charge in [0.2, 0.25) is 0 Å². The van der Waals surface area contributed by atoms with Crippen LogP contribution in [0.25, 0.3) is 11.1 Å². The van der Waals surface area contributed by atoms with Gasteiger partial charge in [0.05, 0.1) is 0 Å². The van der Waals surface area contributed by atoms with E-state index in [2.05, 4.69) is 62.4 Å². The van der Waals surface area contributed by atoms with E-state index in [0.717, 1.165) is 12.8 Å². The smallest absolute Gasteiger partial charge is 0.00625 e. The lowest BCUT2D eigenvalue weighted by atomic mass is 9.97. The molecule has 0 unspecified atom stereocenters. The van der Waals surface area contributed by atoms with Crippen molar-refractivity contribution in [2.24, 2.45) is 5.73 Å². The van der Waals surface area contributed by atoms with E-state index in [1.54, 1.807) is 6.20 Å². The Labute approximate surface area is 127 Å². The molecule has 0 saturated heterocycles. The molecule has 108 valence electrons. The minimum atomic E-state index is 0.929. The third kappa shape index (κ3) is 4.09. The first-order valence-corrected chi connectivity index (χ1v) is 7.47. The predicted octanol–water partition coefficient (Wildman–Crippen LogP) is 4.80. The van der Waals surface area contributed by atoms with Gasteiger partial charge >= 0.3 is 0 Å². The van der Waals surface area contributed by atoms with Crippen molar-refractivity contribution in [3.8, 4) is 11.1 Å². The molecule has 1 heteroatoms. The lowest BCUT2D eigenvalue weighted by Crippen LogP contribution is -1.88. The fourth-order valence-corrected chi connectivity index (χ4v) is 2.41. The fraction of sp³-hybridized carbons (Fsp3) is 0.200. The summed E-state index contributed by atoms with van der Waals surface area (Å²) in [5.41, 5.74) is 12.0. The summed E-state index contributed by atoms with van der Waals surface area (Å²) in [7, 11) is 0. The van der Waals surface area contributed by atoms with Crippen molar-refractivity contribution in [1.29, 1.82) is 0 Å². The van der Waals surface area contributed by atoms with Gasteiger partial charge in [-0.2, -0.15) is 0 Å². The van der Waals surface area contributed by atoms with Crippen molar-refractivity contribution in [3.63, 3.8) is 0 Å². The van der Waals surface area contributed by atoms with Crippen LogP contribution in [0.2, 0.25) is 0 Å². The van der Waals surface area contributed by atoms with Gasteiger partial charge in [0.15, 0.2) is 0 Å². The zero-order valence-corrected chi connectivity index (χ0v) is 12.8. The summed E-state index contributed by atoms with van der Waals surface area (Å²) in [6.45, 7) is 4.38. The Bertz CT molecular complexity index is 633. The van der Waals surface area contributed by atoms with Crippen LogP contribution in [0.4, 0.5) is 0 Å². The highest BCUT2D eigenvalue weighted by molar-refractivity contribution is 5.65. The van der Waals surface area contributed by atoms with Crippen molar-refractivity contribution >= 4 is 0 Å². The average Bonchev–Trinajstić information content (AvgIpc) is 2.53. The number of benzene rings is 2. The molecule has 0 aliphatic heterocycles. The molecule has 2 N–H and O–H groups in total. The minimum Gasteiger partial charge on any atom is -0.405 e. The zero-order valence-electron chi connectivity index (χ0n) is 12.8. The molecule has 0 radical (unpaired) electrons. The van der Waals surface area contributed by atoms with Crippen molar-refractivity contribution in [1.82, 2.24) is 0 Å². The number of rotatable bonds is 5. The summed E-state index contributed by atoms with van der Waals surface area (Å²) < 4.78 is 0. The van der Waals surface area contributed by atoms with Gasteiger partial charge in [0.1, 0.15) is 0 Å². The molecule has 0 spiro atoms. The quantitative estimate of drug-likeness (QED) is 0.781. The molecule has 2 aromatic carbocycles. The highest BCUT2D eigenvalue weighted by Crippen LogP contribution is 2.23. The predicted molar refractivity (Wildman–Crippen MR) is 92.2 cm³/mol. The molecule has 1 nitrogen and oxygen atoms in total. The minimum absolute atomic E-state index is 0.929. The first-order valence-electron chi connectivity index (χ1n) is 7.47. The van der Waals surface area contributed by atoms with E-state index < -0.39 is 0 Å².